The Morgan fingerprint density at radius 2 is 1.64 bits per heavy atom. The van der Waals surface area contributed by atoms with Gasteiger partial charge in [0, 0.05) is 32.8 Å². The smallest absolute Gasteiger partial charge is 0.221 e. The lowest BCUT2D eigenvalue weighted by Gasteiger charge is -2.29. The van der Waals surface area contributed by atoms with Crippen LogP contribution in [-0.4, -0.2) is 46.9 Å². The highest BCUT2D eigenvalue weighted by atomic mass is 16.5. The third-order valence-corrected chi connectivity index (χ3v) is 7.57. The number of nitrogens with zero attached hydrogens (tertiary/aromatic N) is 5. The van der Waals surface area contributed by atoms with Crippen molar-refractivity contribution in [1.82, 2.24) is 0 Å². The van der Waals surface area contributed by atoms with Gasteiger partial charge in [0.15, 0.2) is 0 Å². The maximum atomic E-state index is 12.2. The van der Waals surface area contributed by atoms with E-state index in [1.54, 1.807) is 57.7 Å². The second kappa shape index (κ2) is 17.4. The second-order valence-corrected chi connectivity index (χ2v) is 10.6. The molecule has 0 aliphatic heterocycles. The van der Waals surface area contributed by atoms with Gasteiger partial charge in [-0.3, -0.25) is 4.79 Å². The van der Waals surface area contributed by atoms with Crippen LogP contribution in [-0.2, 0) is 9.53 Å². The number of nitriles is 2. The van der Waals surface area contributed by atoms with E-state index in [0.29, 0.717) is 53.1 Å². The Hall–Kier alpha value is -4.93. The third kappa shape index (κ3) is 9.04. The Morgan fingerprint density at radius 3 is 2.18 bits per heavy atom. The molecule has 10 nitrogen and oxygen atoms in total. The minimum Gasteiger partial charge on any atom is -0.496 e. The maximum Gasteiger partial charge on any atom is 0.221 e. The van der Waals surface area contributed by atoms with E-state index in [-0.39, 0.29) is 22.7 Å². The number of methoxy groups -OCH3 is 3. The number of benzene rings is 3. The summed E-state index contributed by atoms with van der Waals surface area (Å²) in [6, 6.07) is 18.5. The van der Waals surface area contributed by atoms with Crippen molar-refractivity contribution in [3.8, 4) is 34.8 Å². The predicted molar refractivity (Wildman–Crippen MR) is 177 cm³/mol. The summed E-state index contributed by atoms with van der Waals surface area (Å²) in [6.45, 7) is 7.96. The van der Waals surface area contributed by atoms with Crippen LogP contribution in [0.25, 0.3) is 11.1 Å². The van der Waals surface area contributed by atoms with Crippen LogP contribution >= 0.6 is 0 Å². The van der Waals surface area contributed by atoms with E-state index in [4.69, 9.17) is 14.2 Å². The molecule has 236 valence electrons. The average molecular weight is 611 g/mol. The van der Waals surface area contributed by atoms with Gasteiger partial charge in [-0.2, -0.15) is 10.5 Å². The average Bonchev–Trinajstić information content (AvgIpc) is 3.06. The highest BCUT2D eigenvalue weighted by molar-refractivity contribution is 5.93. The zero-order chi connectivity index (χ0) is 32.8. The summed E-state index contributed by atoms with van der Waals surface area (Å²) >= 11 is 0. The number of carbonyl (C=O) groups excluding carboxylic acids is 1. The molecule has 3 rings (SSSR count). The largest absolute Gasteiger partial charge is 0.496 e. The number of nitrogens with one attached hydrogen (secondary N) is 1. The van der Waals surface area contributed by atoms with Crippen molar-refractivity contribution < 1.29 is 19.0 Å². The SMILES string of the molecule is CCCCC(CC)CN(CCOC)c1ccc(N=Nc2c(C#N)cc(-c3c(OC)cccc3OC)cc2C#N)c(NC(C)=O)c1. The Bertz CT molecular complexity index is 1520. The van der Waals surface area contributed by atoms with Gasteiger partial charge in [-0.05, 0) is 60.4 Å². The third-order valence-electron chi connectivity index (χ3n) is 7.57. The molecule has 0 bridgehead atoms. The van der Waals surface area contributed by atoms with E-state index < -0.39 is 0 Å². The minimum absolute atomic E-state index is 0.124. The molecule has 0 aliphatic carbocycles. The summed E-state index contributed by atoms with van der Waals surface area (Å²) in [6.07, 6.45) is 4.54. The molecule has 1 unspecified atom stereocenters. The van der Waals surface area contributed by atoms with Crippen LogP contribution in [0.3, 0.4) is 0 Å². The molecule has 45 heavy (non-hydrogen) atoms. The Morgan fingerprint density at radius 1 is 0.978 bits per heavy atom. The Labute approximate surface area is 266 Å². The van der Waals surface area contributed by atoms with E-state index in [0.717, 1.165) is 31.5 Å². The van der Waals surface area contributed by atoms with Gasteiger partial charge in [-0.25, -0.2) is 0 Å². The second-order valence-electron chi connectivity index (χ2n) is 10.6. The molecule has 0 saturated heterocycles. The molecule has 0 saturated carbocycles. The van der Waals surface area contributed by atoms with Gasteiger partial charge in [0.05, 0.1) is 43.2 Å². The van der Waals surface area contributed by atoms with Gasteiger partial charge in [-0.1, -0.05) is 39.2 Å². The van der Waals surface area contributed by atoms with Crippen LogP contribution < -0.4 is 19.7 Å². The van der Waals surface area contributed by atoms with E-state index in [1.807, 2.05) is 12.1 Å². The monoisotopic (exact) mass is 610 g/mol. The number of hydrogen-bond acceptors (Lipinski definition) is 9. The number of ether oxygens (including phenoxy) is 3. The first-order chi connectivity index (χ1) is 21.8. The van der Waals surface area contributed by atoms with Crippen LogP contribution in [0.5, 0.6) is 11.5 Å². The summed E-state index contributed by atoms with van der Waals surface area (Å²) in [5.41, 5.74) is 3.40. The zero-order valence-electron chi connectivity index (χ0n) is 27.0. The van der Waals surface area contributed by atoms with Crippen molar-refractivity contribution in [3.63, 3.8) is 0 Å². The summed E-state index contributed by atoms with van der Waals surface area (Å²) in [7, 11) is 4.77. The van der Waals surface area contributed by atoms with Crippen molar-refractivity contribution in [2.75, 3.05) is 51.2 Å². The number of carbonyl (C=O) groups is 1. The van der Waals surface area contributed by atoms with Gasteiger partial charge in [0.25, 0.3) is 0 Å². The topological polar surface area (TPSA) is 132 Å². The Balaban J connectivity index is 2.06. The van der Waals surface area contributed by atoms with E-state index >= 15 is 0 Å². The van der Waals surface area contributed by atoms with Crippen molar-refractivity contribution in [1.29, 1.82) is 10.5 Å². The molecule has 0 aromatic heterocycles. The molecular formula is C35H42N6O4. The molecule has 1 amide bonds. The quantitative estimate of drug-likeness (QED) is 0.162. The molecule has 1 N–H and O–H groups in total. The lowest BCUT2D eigenvalue weighted by molar-refractivity contribution is -0.114. The molecule has 0 radical (unpaired) electrons. The summed E-state index contributed by atoms with van der Waals surface area (Å²) < 4.78 is 16.5. The van der Waals surface area contributed by atoms with Crippen molar-refractivity contribution in [2.45, 2.75) is 46.5 Å². The first kappa shape index (κ1) is 34.6. The number of azo groups is 1. The van der Waals surface area contributed by atoms with Gasteiger partial charge >= 0.3 is 0 Å². The fourth-order valence-corrected chi connectivity index (χ4v) is 5.15. The van der Waals surface area contributed by atoms with Crippen molar-refractivity contribution >= 4 is 28.7 Å². The number of unbranched alkanes of at least 4 members (excludes halogenated alkanes) is 1. The normalized spacial score (nSPS) is 11.5. The van der Waals surface area contributed by atoms with E-state index in [9.17, 15) is 15.3 Å². The maximum absolute atomic E-state index is 12.2. The Kier molecular flexibility index (Phi) is 13.4. The first-order valence-electron chi connectivity index (χ1n) is 15.1. The molecule has 0 heterocycles. The molecular weight excluding hydrogens is 568 g/mol. The predicted octanol–water partition coefficient (Wildman–Crippen LogP) is 8.16. The first-order valence-corrected chi connectivity index (χ1v) is 15.1. The fourth-order valence-electron chi connectivity index (χ4n) is 5.15. The number of hydrogen-bond donors (Lipinski definition) is 1. The van der Waals surface area contributed by atoms with Crippen molar-refractivity contribution in [3.05, 3.63) is 59.7 Å². The fraction of sp³-hybridized carbons (Fsp3) is 0.400. The van der Waals surface area contributed by atoms with Gasteiger partial charge in [-0.15, -0.1) is 10.2 Å². The van der Waals surface area contributed by atoms with E-state index in [2.05, 4.69) is 46.4 Å². The molecule has 10 heteroatoms. The summed E-state index contributed by atoms with van der Waals surface area (Å²) in [5, 5.41) is 31.7. The molecule has 3 aromatic carbocycles. The van der Waals surface area contributed by atoms with Gasteiger partial charge in [0.2, 0.25) is 5.91 Å². The minimum atomic E-state index is -0.257. The highest BCUT2D eigenvalue weighted by Crippen LogP contribution is 2.41. The number of amides is 1. The van der Waals surface area contributed by atoms with Crippen LogP contribution in [0.15, 0.2) is 58.8 Å². The standard InChI is InChI=1S/C35H42N6O4/c1-7-9-11-25(8-2)23-41(16-17-43-4)29-14-15-30(31(20-29)38-24(3)42)39-40-35-27(21-36)18-26(19-28(35)22-37)34-32(44-5)12-10-13-33(34)45-6/h10,12-15,18-20,25H,7-9,11,16-17,23H2,1-6H3,(H,38,42). The van der Waals surface area contributed by atoms with Crippen LogP contribution in [0.4, 0.5) is 22.7 Å². The molecule has 0 fully saturated rings. The van der Waals surface area contributed by atoms with Crippen LogP contribution in [0.2, 0.25) is 0 Å². The zero-order valence-corrected chi connectivity index (χ0v) is 27.0. The highest BCUT2D eigenvalue weighted by Gasteiger charge is 2.19. The summed E-state index contributed by atoms with van der Waals surface area (Å²) in [4.78, 5) is 14.5. The van der Waals surface area contributed by atoms with Crippen molar-refractivity contribution in [2.24, 2.45) is 16.1 Å². The molecule has 0 spiro atoms. The summed E-state index contributed by atoms with van der Waals surface area (Å²) in [5.74, 6) is 1.34. The number of anilines is 2. The van der Waals surface area contributed by atoms with Gasteiger partial charge < -0.3 is 24.4 Å². The van der Waals surface area contributed by atoms with Crippen LogP contribution in [0.1, 0.15) is 57.6 Å². The number of rotatable bonds is 16. The molecule has 3 aromatic rings. The van der Waals surface area contributed by atoms with Gasteiger partial charge in [0.1, 0.15) is 35.0 Å². The lowest BCUT2D eigenvalue weighted by atomic mass is 9.97. The van der Waals surface area contributed by atoms with Crippen LogP contribution in [0, 0.1) is 28.6 Å². The molecule has 1 atom stereocenters. The molecule has 0 aliphatic rings. The lowest BCUT2D eigenvalue weighted by Crippen LogP contribution is -2.32. The van der Waals surface area contributed by atoms with E-state index in [1.165, 1.54) is 13.3 Å².